The second kappa shape index (κ2) is 10.0. The monoisotopic (exact) mass is 526 g/mol. The lowest BCUT2D eigenvalue weighted by atomic mass is 10.0. The molecule has 9 nitrogen and oxygen atoms in total. The van der Waals surface area contributed by atoms with Crippen LogP contribution < -0.4 is 5.32 Å². The van der Waals surface area contributed by atoms with Crippen LogP contribution in [0.4, 0.5) is 19.0 Å². The first-order chi connectivity index (χ1) is 18.2. The molecule has 0 atom stereocenters. The van der Waals surface area contributed by atoms with Crippen molar-refractivity contribution in [3.8, 4) is 11.1 Å². The summed E-state index contributed by atoms with van der Waals surface area (Å²) in [5.41, 5.74) is 2.27. The Morgan fingerprint density at radius 2 is 1.87 bits per heavy atom. The minimum Gasteiger partial charge on any atom is -0.394 e. The van der Waals surface area contributed by atoms with E-state index >= 15 is 0 Å². The summed E-state index contributed by atoms with van der Waals surface area (Å²) in [5, 5.41) is 19.5. The molecule has 1 aromatic carbocycles. The van der Waals surface area contributed by atoms with Gasteiger partial charge in [-0.3, -0.25) is 9.48 Å². The Morgan fingerprint density at radius 1 is 1.16 bits per heavy atom. The van der Waals surface area contributed by atoms with Gasteiger partial charge >= 0.3 is 6.18 Å². The molecule has 5 rings (SSSR count). The highest BCUT2D eigenvalue weighted by atomic mass is 19.4. The van der Waals surface area contributed by atoms with Gasteiger partial charge < -0.3 is 14.9 Å². The lowest BCUT2D eigenvalue weighted by Crippen LogP contribution is -2.28. The molecule has 4 aromatic rings. The molecule has 0 unspecified atom stereocenters. The molecule has 1 amide bonds. The fourth-order valence-corrected chi connectivity index (χ4v) is 4.26. The smallest absolute Gasteiger partial charge is 0.394 e. The number of nitrogens with one attached hydrogen (secondary N) is 1. The van der Waals surface area contributed by atoms with Crippen LogP contribution in [0.1, 0.15) is 41.2 Å². The Labute approximate surface area is 215 Å². The number of anilines is 1. The number of alkyl halides is 3. The summed E-state index contributed by atoms with van der Waals surface area (Å²) in [6, 6.07) is 8.42. The molecule has 0 radical (unpaired) electrons. The highest BCUT2D eigenvalue weighted by molar-refractivity contribution is 5.91. The van der Waals surface area contributed by atoms with E-state index in [9.17, 15) is 18.0 Å². The topological polar surface area (TPSA) is 119 Å². The molecular formula is C26H25F3N6O3. The van der Waals surface area contributed by atoms with Crippen molar-refractivity contribution in [1.29, 1.82) is 0 Å². The number of aliphatic hydroxyl groups is 1. The Hall–Kier alpha value is -4.06. The maximum atomic E-state index is 13.3. The molecule has 1 aliphatic rings. The third-order valence-corrected chi connectivity index (χ3v) is 6.62. The first-order valence-electron chi connectivity index (χ1n) is 12.0. The van der Waals surface area contributed by atoms with Crippen molar-refractivity contribution in [3.63, 3.8) is 0 Å². The number of halogens is 3. The van der Waals surface area contributed by atoms with Crippen molar-refractivity contribution >= 4 is 11.7 Å². The van der Waals surface area contributed by atoms with E-state index in [4.69, 9.17) is 9.63 Å². The lowest BCUT2D eigenvalue weighted by Gasteiger charge is -2.14. The minimum absolute atomic E-state index is 0.0175. The van der Waals surface area contributed by atoms with Crippen molar-refractivity contribution in [3.05, 3.63) is 77.3 Å². The van der Waals surface area contributed by atoms with Crippen LogP contribution >= 0.6 is 0 Å². The fourth-order valence-electron chi connectivity index (χ4n) is 4.26. The Bertz CT molecular complexity index is 1420. The second-order valence-corrected chi connectivity index (χ2v) is 9.37. The van der Waals surface area contributed by atoms with Crippen molar-refractivity contribution in [2.24, 2.45) is 0 Å². The molecule has 1 aliphatic carbocycles. The third kappa shape index (κ3) is 5.30. The largest absolute Gasteiger partial charge is 0.401 e. The molecule has 0 aliphatic heterocycles. The number of amides is 1. The van der Waals surface area contributed by atoms with E-state index in [1.54, 1.807) is 29.2 Å². The number of carbonyl (C=O) groups excluding carboxylic acids is 1. The van der Waals surface area contributed by atoms with Gasteiger partial charge in [0.1, 0.15) is 11.2 Å². The van der Waals surface area contributed by atoms with Crippen LogP contribution in [-0.2, 0) is 29.6 Å². The summed E-state index contributed by atoms with van der Waals surface area (Å²) >= 11 is 0. The summed E-state index contributed by atoms with van der Waals surface area (Å²) in [6.45, 7) is 2.35. The van der Waals surface area contributed by atoms with E-state index in [-0.39, 0.29) is 37.4 Å². The maximum absolute atomic E-state index is 13.3. The molecule has 3 aromatic heterocycles. The van der Waals surface area contributed by atoms with Crippen LogP contribution in [-0.4, -0.2) is 48.7 Å². The van der Waals surface area contributed by atoms with Gasteiger partial charge in [-0.2, -0.15) is 18.3 Å². The summed E-state index contributed by atoms with van der Waals surface area (Å²) in [4.78, 5) is 21.3. The number of hydrogen-bond donors (Lipinski definition) is 2. The van der Waals surface area contributed by atoms with Gasteiger partial charge in [-0.1, -0.05) is 29.4 Å². The molecule has 198 valence electrons. The normalized spacial score (nSPS) is 14.4. The first kappa shape index (κ1) is 25.6. The Morgan fingerprint density at radius 3 is 2.50 bits per heavy atom. The molecule has 38 heavy (non-hydrogen) atoms. The van der Waals surface area contributed by atoms with Crippen LogP contribution in [0.3, 0.4) is 0 Å². The molecule has 12 heteroatoms. The van der Waals surface area contributed by atoms with E-state index in [0.29, 0.717) is 18.8 Å². The molecule has 0 saturated heterocycles. The van der Waals surface area contributed by atoms with E-state index in [1.165, 1.54) is 0 Å². The SMILES string of the molecule is Cc1nn(CCO)cc1Cc1ncc(-c2ccc(CC(=O)Nc3cc(C4(C(F)(F)F)CC4)on3)cc2)cn1. The molecule has 2 N–H and O–H groups in total. The molecule has 0 spiro atoms. The average Bonchev–Trinajstić information content (AvgIpc) is 3.47. The van der Waals surface area contributed by atoms with E-state index < -0.39 is 17.5 Å². The average molecular weight is 527 g/mol. The summed E-state index contributed by atoms with van der Waals surface area (Å²) in [5.74, 6) is -0.0811. The predicted molar refractivity (Wildman–Crippen MR) is 130 cm³/mol. The highest BCUT2D eigenvalue weighted by Crippen LogP contribution is 2.59. The van der Waals surface area contributed by atoms with Crippen LogP contribution in [0, 0.1) is 6.92 Å². The quantitative estimate of drug-likeness (QED) is 0.338. The standard InChI is InChI=1S/C26H25F3N6O3/c1-16-19(15-35(33-16)8-9-36)11-22-30-13-20(14-31-22)18-4-2-17(3-5-18)10-24(37)32-23-12-21(38-34-23)25(6-7-25)26(27,28)29/h2-5,12-15,36H,6-11H2,1H3,(H,32,34,37). The van der Waals surface area contributed by atoms with Gasteiger partial charge in [0.05, 0.1) is 25.3 Å². The number of aromatic nitrogens is 5. The van der Waals surface area contributed by atoms with Crippen molar-refractivity contribution < 1.29 is 27.6 Å². The van der Waals surface area contributed by atoms with E-state index in [1.807, 2.05) is 25.3 Å². The minimum atomic E-state index is -4.41. The number of aryl methyl sites for hydroxylation is 1. The van der Waals surface area contributed by atoms with Gasteiger partial charge in [0, 0.05) is 42.2 Å². The van der Waals surface area contributed by atoms with E-state index in [0.717, 1.165) is 34.0 Å². The zero-order valence-electron chi connectivity index (χ0n) is 20.5. The summed E-state index contributed by atoms with van der Waals surface area (Å²) in [6.07, 6.45) is 1.38. The molecular weight excluding hydrogens is 501 g/mol. The molecule has 3 heterocycles. The van der Waals surface area contributed by atoms with Crippen LogP contribution in [0.5, 0.6) is 0 Å². The zero-order chi connectivity index (χ0) is 26.9. The molecule has 1 fully saturated rings. The lowest BCUT2D eigenvalue weighted by molar-refractivity contribution is -0.165. The Balaban J connectivity index is 1.17. The number of benzene rings is 1. The number of hydrogen-bond acceptors (Lipinski definition) is 7. The number of carbonyl (C=O) groups is 1. The summed E-state index contributed by atoms with van der Waals surface area (Å²) < 4.78 is 46.3. The van der Waals surface area contributed by atoms with Crippen LogP contribution in [0.15, 0.2) is 53.4 Å². The first-order valence-corrected chi connectivity index (χ1v) is 12.0. The van der Waals surface area contributed by atoms with Crippen molar-refractivity contribution in [2.75, 3.05) is 11.9 Å². The molecule has 1 saturated carbocycles. The summed E-state index contributed by atoms with van der Waals surface area (Å²) in [7, 11) is 0. The second-order valence-electron chi connectivity index (χ2n) is 9.37. The van der Waals surface area contributed by atoms with Gasteiger partial charge in [0.15, 0.2) is 11.6 Å². The third-order valence-electron chi connectivity index (χ3n) is 6.62. The van der Waals surface area contributed by atoms with Gasteiger partial charge in [-0.25, -0.2) is 9.97 Å². The van der Waals surface area contributed by atoms with Gasteiger partial charge in [0.25, 0.3) is 0 Å². The number of nitrogens with zero attached hydrogens (tertiary/aromatic N) is 5. The van der Waals surface area contributed by atoms with Crippen LogP contribution in [0.25, 0.3) is 11.1 Å². The number of rotatable bonds is 9. The van der Waals surface area contributed by atoms with Gasteiger partial charge in [-0.05, 0) is 30.9 Å². The predicted octanol–water partition coefficient (Wildman–Crippen LogP) is 3.99. The zero-order valence-corrected chi connectivity index (χ0v) is 20.5. The Kier molecular flexibility index (Phi) is 6.74. The molecule has 0 bridgehead atoms. The van der Waals surface area contributed by atoms with Crippen molar-refractivity contribution in [1.82, 2.24) is 24.9 Å². The van der Waals surface area contributed by atoms with Gasteiger partial charge in [-0.15, -0.1) is 0 Å². The fraction of sp³-hybridized carbons (Fsp3) is 0.346. The van der Waals surface area contributed by atoms with Gasteiger partial charge in [0.2, 0.25) is 5.91 Å². The van der Waals surface area contributed by atoms with Crippen LogP contribution in [0.2, 0.25) is 0 Å². The maximum Gasteiger partial charge on any atom is 0.401 e. The van der Waals surface area contributed by atoms with E-state index in [2.05, 4.69) is 25.5 Å². The number of aliphatic hydroxyl groups excluding tert-OH is 1. The highest BCUT2D eigenvalue weighted by Gasteiger charge is 2.66. The van der Waals surface area contributed by atoms with Crippen molar-refractivity contribution in [2.45, 2.75) is 50.7 Å².